The van der Waals surface area contributed by atoms with Crippen LogP contribution in [0.1, 0.15) is 24.8 Å². The number of ether oxygens (including phenoxy) is 1. The van der Waals surface area contributed by atoms with Crippen LogP contribution in [0.5, 0.6) is 0 Å². The van der Waals surface area contributed by atoms with Crippen molar-refractivity contribution in [1.82, 2.24) is 9.88 Å². The summed E-state index contributed by atoms with van der Waals surface area (Å²) in [6, 6.07) is 12.8. The zero-order valence-corrected chi connectivity index (χ0v) is 15.4. The van der Waals surface area contributed by atoms with Gasteiger partial charge in [0.2, 0.25) is 5.91 Å². The molecular weight excluding hydrogens is 352 g/mol. The molecule has 6 heteroatoms. The number of nitrogens with zero attached hydrogens (tertiary/aromatic N) is 1. The number of nitrogens with one attached hydrogen (secondary N) is 1. The molecule has 1 amide bonds. The van der Waals surface area contributed by atoms with E-state index in [4.69, 9.17) is 16.3 Å². The third-order valence-electron chi connectivity index (χ3n) is 4.99. The maximum atomic E-state index is 12.3. The fraction of sp³-hybridized carbons (Fsp3) is 0.400. The molecule has 0 radical (unpaired) electrons. The van der Waals surface area contributed by atoms with Crippen LogP contribution in [0.4, 0.5) is 0 Å². The van der Waals surface area contributed by atoms with Crippen molar-refractivity contribution in [2.75, 3.05) is 19.8 Å². The molecule has 3 rings (SSSR count). The van der Waals surface area contributed by atoms with Crippen LogP contribution in [-0.4, -0.2) is 30.2 Å². The van der Waals surface area contributed by atoms with Crippen molar-refractivity contribution in [3.63, 3.8) is 0 Å². The second-order valence-electron chi connectivity index (χ2n) is 6.66. The normalized spacial score (nSPS) is 16.2. The minimum Gasteiger partial charge on any atom is -0.381 e. The molecule has 0 unspecified atom stereocenters. The van der Waals surface area contributed by atoms with Gasteiger partial charge in [0.1, 0.15) is 0 Å². The molecule has 1 fully saturated rings. The van der Waals surface area contributed by atoms with E-state index in [-0.39, 0.29) is 23.3 Å². The summed E-state index contributed by atoms with van der Waals surface area (Å²) in [5, 5.41) is 3.75. The van der Waals surface area contributed by atoms with E-state index in [0.29, 0.717) is 31.3 Å². The first-order valence-electron chi connectivity index (χ1n) is 8.85. The van der Waals surface area contributed by atoms with Gasteiger partial charge in [-0.2, -0.15) is 0 Å². The van der Waals surface area contributed by atoms with Crippen LogP contribution >= 0.6 is 11.6 Å². The number of aromatic nitrogens is 1. The Bertz CT molecular complexity index is 812. The summed E-state index contributed by atoms with van der Waals surface area (Å²) in [5.74, 6) is -0.0614. The van der Waals surface area contributed by atoms with Gasteiger partial charge in [-0.25, -0.2) is 0 Å². The van der Waals surface area contributed by atoms with Gasteiger partial charge in [-0.15, -0.1) is 0 Å². The minimum atomic E-state index is -0.164. The lowest BCUT2D eigenvalue weighted by atomic mass is 9.74. The summed E-state index contributed by atoms with van der Waals surface area (Å²) in [6.45, 7) is 2.25. The Balaban J connectivity index is 1.63. The number of halogens is 1. The van der Waals surface area contributed by atoms with Gasteiger partial charge >= 0.3 is 0 Å². The zero-order chi connectivity index (χ0) is 18.4. The highest BCUT2D eigenvalue weighted by Crippen LogP contribution is 2.35. The summed E-state index contributed by atoms with van der Waals surface area (Å²) in [5.41, 5.74) is 0.871. The van der Waals surface area contributed by atoms with E-state index < -0.39 is 0 Å². The van der Waals surface area contributed by atoms with E-state index in [1.54, 1.807) is 22.9 Å². The van der Waals surface area contributed by atoms with Crippen molar-refractivity contribution in [3.05, 3.63) is 69.6 Å². The molecule has 0 atom stereocenters. The maximum absolute atomic E-state index is 12.3. The van der Waals surface area contributed by atoms with E-state index >= 15 is 0 Å². The lowest BCUT2D eigenvalue weighted by Crippen LogP contribution is -2.44. The first-order valence-corrected chi connectivity index (χ1v) is 9.23. The predicted molar refractivity (Wildman–Crippen MR) is 102 cm³/mol. The van der Waals surface area contributed by atoms with E-state index in [2.05, 4.69) is 11.4 Å². The number of carbonyl (C=O) groups is 1. The predicted octanol–water partition coefficient (Wildman–Crippen LogP) is 2.76. The van der Waals surface area contributed by atoms with Gasteiger partial charge in [0.15, 0.2) is 0 Å². The number of carbonyl (C=O) groups excluding carboxylic acids is 1. The highest BCUT2D eigenvalue weighted by Gasteiger charge is 2.34. The number of rotatable bonds is 6. The molecule has 1 saturated heterocycles. The van der Waals surface area contributed by atoms with Crippen molar-refractivity contribution in [2.24, 2.45) is 0 Å². The summed E-state index contributed by atoms with van der Waals surface area (Å²) in [7, 11) is 0. The lowest BCUT2D eigenvalue weighted by Gasteiger charge is -2.38. The standard InChI is InChI=1S/C20H23ClN2O3/c21-17-5-3-4-16(14-17)20(8-12-26-13-9-20)15-22-18(24)7-11-23-10-2-1-6-19(23)25/h1-6,10,14H,7-9,11-13,15H2,(H,22,24). The van der Waals surface area contributed by atoms with Gasteiger partial charge < -0.3 is 14.6 Å². The zero-order valence-electron chi connectivity index (χ0n) is 14.6. The molecule has 2 aromatic rings. The Labute approximate surface area is 157 Å². The van der Waals surface area contributed by atoms with Crippen molar-refractivity contribution in [2.45, 2.75) is 31.2 Å². The molecule has 0 spiro atoms. The molecule has 26 heavy (non-hydrogen) atoms. The number of benzene rings is 1. The summed E-state index contributed by atoms with van der Waals surface area (Å²) >= 11 is 6.17. The van der Waals surface area contributed by atoms with Gasteiger partial charge in [0.25, 0.3) is 5.56 Å². The molecule has 1 aliphatic rings. The third-order valence-corrected chi connectivity index (χ3v) is 5.22. The Morgan fingerprint density at radius 3 is 2.73 bits per heavy atom. The number of amides is 1. The number of aryl methyl sites for hydroxylation is 1. The van der Waals surface area contributed by atoms with Crippen LogP contribution in [0.15, 0.2) is 53.5 Å². The number of hydrogen-bond donors (Lipinski definition) is 1. The maximum Gasteiger partial charge on any atom is 0.250 e. The average Bonchev–Trinajstić information content (AvgIpc) is 2.66. The average molecular weight is 375 g/mol. The molecule has 1 aliphatic heterocycles. The second kappa shape index (κ2) is 8.52. The molecule has 5 nitrogen and oxygen atoms in total. The van der Waals surface area contributed by atoms with Gasteiger partial charge in [-0.1, -0.05) is 29.8 Å². The second-order valence-corrected chi connectivity index (χ2v) is 7.10. The molecule has 0 saturated carbocycles. The van der Waals surface area contributed by atoms with Crippen molar-refractivity contribution in [3.8, 4) is 0 Å². The number of pyridine rings is 1. The molecule has 1 N–H and O–H groups in total. The van der Waals surface area contributed by atoms with E-state index in [1.165, 1.54) is 6.07 Å². The van der Waals surface area contributed by atoms with Crippen LogP contribution in [0.2, 0.25) is 5.02 Å². The van der Waals surface area contributed by atoms with Crippen molar-refractivity contribution >= 4 is 17.5 Å². The molecule has 0 aliphatic carbocycles. The quantitative estimate of drug-likeness (QED) is 0.845. The third kappa shape index (κ3) is 4.54. The van der Waals surface area contributed by atoms with Gasteiger partial charge in [0.05, 0.1) is 0 Å². The highest BCUT2D eigenvalue weighted by molar-refractivity contribution is 6.30. The molecule has 1 aromatic heterocycles. The van der Waals surface area contributed by atoms with Gasteiger partial charge in [-0.05, 0) is 36.6 Å². The first kappa shape index (κ1) is 18.7. The molecule has 2 heterocycles. The summed E-state index contributed by atoms with van der Waals surface area (Å²) in [6.07, 6.45) is 3.64. The fourth-order valence-electron chi connectivity index (χ4n) is 3.37. The first-order chi connectivity index (χ1) is 12.6. The Hall–Kier alpha value is -2.11. The highest BCUT2D eigenvalue weighted by atomic mass is 35.5. The lowest BCUT2D eigenvalue weighted by molar-refractivity contribution is -0.121. The molecular formula is C20H23ClN2O3. The topological polar surface area (TPSA) is 60.3 Å². The van der Waals surface area contributed by atoms with Gasteiger partial charge in [0, 0.05) is 55.4 Å². The summed E-state index contributed by atoms with van der Waals surface area (Å²) < 4.78 is 7.06. The van der Waals surface area contributed by atoms with E-state index in [9.17, 15) is 9.59 Å². The van der Waals surface area contributed by atoms with Crippen LogP contribution in [-0.2, 0) is 21.5 Å². The number of hydrogen-bond acceptors (Lipinski definition) is 3. The molecule has 138 valence electrons. The monoisotopic (exact) mass is 374 g/mol. The van der Waals surface area contributed by atoms with Crippen LogP contribution in [0.25, 0.3) is 0 Å². The van der Waals surface area contributed by atoms with Crippen molar-refractivity contribution < 1.29 is 9.53 Å². The smallest absolute Gasteiger partial charge is 0.250 e. The summed E-state index contributed by atoms with van der Waals surface area (Å²) in [4.78, 5) is 24.0. The van der Waals surface area contributed by atoms with E-state index in [1.807, 2.05) is 18.2 Å². The molecule has 1 aromatic carbocycles. The minimum absolute atomic E-state index is 0.0614. The molecule has 0 bridgehead atoms. The van der Waals surface area contributed by atoms with Crippen LogP contribution in [0.3, 0.4) is 0 Å². The Kier molecular flexibility index (Phi) is 6.12. The van der Waals surface area contributed by atoms with Crippen molar-refractivity contribution in [1.29, 1.82) is 0 Å². The largest absolute Gasteiger partial charge is 0.381 e. The Morgan fingerprint density at radius 1 is 1.19 bits per heavy atom. The SMILES string of the molecule is O=C(CCn1ccccc1=O)NCC1(c2cccc(Cl)c2)CCOCC1. The van der Waals surface area contributed by atoms with Crippen LogP contribution in [0, 0.1) is 0 Å². The van der Waals surface area contributed by atoms with Crippen LogP contribution < -0.4 is 10.9 Å². The van der Waals surface area contributed by atoms with Gasteiger partial charge in [-0.3, -0.25) is 9.59 Å². The Morgan fingerprint density at radius 2 is 2.00 bits per heavy atom. The fourth-order valence-corrected chi connectivity index (χ4v) is 3.56. The van der Waals surface area contributed by atoms with E-state index in [0.717, 1.165) is 18.4 Å².